The Morgan fingerprint density at radius 2 is 1.33 bits per heavy atom. The maximum atomic E-state index is 9.00. The zero-order valence-electron chi connectivity index (χ0n) is 8.75. The van der Waals surface area contributed by atoms with Crippen LogP contribution in [0.25, 0.3) is 0 Å². The number of ether oxygens (including phenoxy) is 1. The smallest absolute Gasteiger partial charge is 0.300 e. The highest BCUT2D eigenvalue weighted by Gasteiger charge is 1.65. The van der Waals surface area contributed by atoms with Crippen LogP contribution < -0.4 is 0 Å². The Balaban J connectivity index is -0.0000000380. The number of carboxylic acids is 1. The molecule has 0 aliphatic heterocycles. The minimum atomic E-state index is -0.833. The second-order valence-corrected chi connectivity index (χ2v) is 0.851. The Hall–Kier alpha value is -1.06. The summed E-state index contributed by atoms with van der Waals surface area (Å²) in [7, 11) is 1.31. The summed E-state index contributed by atoms with van der Waals surface area (Å²) >= 11 is 0. The Morgan fingerprint density at radius 3 is 1.33 bits per heavy atom. The van der Waals surface area contributed by atoms with E-state index in [4.69, 9.17) is 14.7 Å². The molecule has 4 nitrogen and oxygen atoms in total. The lowest BCUT2D eigenvalue weighted by Crippen LogP contribution is -1.78. The molecule has 0 fully saturated rings. The quantitative estimate of drug-likeness (QED) is 0.626. The summed E-state index contributed by atoms with van der Waals surface area (Å²) in [5, 5.41) is 7.42. The standard InChI is InChI=1S/2C2H4O2.2C2H6/c1-4-2-3;1-2(3)4;2*1-2/h2H,1H3;1H3,(H,3,4);2*1-2H3. The maximum absolute atomic E-state index is 9.00. The summed E-state index contributed by atoms with van der Waals surface area (Å²) in [4.78, 5) is 18.0. The lowest BCUT2D eigenvalue weighted by molar-refractivity contribution is -0.134. The molecule has 0 atom stereocenters. The molecule has 76 valence electrons. The van der Waals surface area contributed by atoms with Gasteiger partial charge in [-0.1, -0.05) is 27.7 Å². The van der Waals surface area contributed by atoms with E-state index in [2.05, 4.69) is 4.74 Å². The monoisotopic (exact) mass is 180 g/mol. The molecular weight excluding hydrogens is 160 g/mol. The SMILES string of the molecule is CC.CC.CC(=O)O.COC=O. The number of carbonyl (C=O) groups is 2. The highest BCUT2D eigenvalue weighted by Crippen LogP contribution is 1.42. The van der Waals surface area contributed by atoms with Gasteiger partial charge in [0.1, 0.15) is 0 Å². The first-order chi connectivity index (χ1) is 5.65. The van der Waals surface area contributed by atoms with Crippen LogP contribution in [-0.4, -0.2) is 24.7 Å². The Kier molecular flexibility index (Phi) is 95.7. The van der Waals surface area contributed by atoms with Crippen molar-refractivity contribution in [1.82, 2.24) is 0 Å². The van der Waals surface area contributed by atoms with Crippen LogP contribution in [0.5, 0.6) is 0 Å². The topological polar surface area (TPSA) is 63.6 Å². The molecule has 0 amide bonds. The van der Waals surface area contributed by atoms with Gasteiger partial charge in [-0.15, -0.1) is 0 Å². The van der Waals surface area contributed by atoms with Crippen LogP contribution in [0, 0.1) is 0 Å². The van der Waals surface area contributed by atoms with E-state index in [0.29, 0.717) is 6.47 Å². The third kappa shape index (κ3) is 157000. The molecule has 0 rings (SSSR count). The fourth-order valence-corrected chi connectivity index (χ4v) is 0. The molecule has 0 aromatic rings. The van der Waals surface area contributed by atoms with E-state index in [1.165, 1.54) is 7.11 Å². The van der Waals surface area contributed by atoms with Crippen LogP contribution in [0.2, 0.25) is 0 Å². The van der Waals surface area contributed by atoms with Crippen LogP contribution in [0.1, 0.15) is 34.6 Å². The summed E-state index contributed by atoms with van der Waals surface area (Å²) in [6, 6.07) is 0. The van der Waals surface area contributed by atoms with Crippen LogP contribution in [0.3, 0.4) is 0 Å². The third-order valence-electron chi connectivity index (χ3n) is 0.0962. The van der Waals surface area contributed by atoms with Crippen molar-refractivity contribution in [2.45, 2.75) is 34.6 Å². The van der Waals surface area contributed by atoms with Crippen LogP contribution in [0.15, 0.2) is 0 Å². The number of hydrogen-bond acceptors (Lipinski definition) is 3. The van der Waals surface area contributed by atoms with Crippen molar-refractivity contribution in [3.05, 3.63) is 0 Å². The molecule has 0 aliphatic carbocycles. The van der Waals surface area contributed by atoms with Crippen molar-refractivity contribution in [3.8, 4) is 0 Å². The number of carbonyl (C=O) groups excluding carboxylic acids is 1. The van der Waals surface area contributed by atoms with Gasteiger partial charge in [-0.05, 0) is 0 Å². The van der Waals surface area contributed by atoms with Crippen LogP contribution >= 0.6 is 0 Å². The van der Waals surface area contributed by atoms with Gasteiger partial charge >= 0.3 is 0 Å². The highest BCUT2D eigenvalue weighted by atomic mass is 16.5. The van der Waals surface area contributed by atoms with Crippen molar-refractivity contribution in [1.29, 1.82) is 0 Å². The second-order valence-electron chi connectivity index (χ2n) is 0.851. The zero-order chi connectivity index (χ0) is 11.0. The maximum Gasteiger partial charge on any atom is 0.300 e. The molecule has 4 heteroatoms. The first kappa shape index (κ1) is 22.4. The highest BCUT2D eigenvalue weighted by molar-refractivity contribution is 5.62. The van der Waals surface area contributed by atoms with Crippen LogP contribution in [-0.2, 0) is 14.3 Å². The number of hydrogen-bond donors (Lipinski definition) is 1. The van der Waals surface area contributed by atoms with Gasteiger partial charge in [-0.25, -0.2) is 0 Å². The molecule has 0 aliphatic rings. The lowest BCUT2D eigenvalue weighted by Gasteiger charge is -1.67. The Labute approximate surface area is 74.5 Å². The lowest BCUT2D eigenvalue weighted by atomic mass is 10.9. The van der Waals surface area contributed by atoms with E-state index in [0.717, 1.165) is 6.92 Å². The average Bonchev–Trinajstić information content (AvgIpc) is 2.10. The van der Waals surface area contributed by atoms with Gasteiger partial charge in [0.2, 0.25) is 0 Å². The summed E-state index contributed by atoms with van der Waals surface area (Å²) in [6.07, 6.45) is 0. The summed E-state index contributed by atoms with van der Waals surface area (Å²) in [5.74, 6) is -0.833. The first-order valence-electron chi connectivity index (χ1n) is 3.81. The molecule has 0 aromatic carbocycles. The van der Waals surface area contributed by atoms with Gasteiger partial charge in [0, 0.05) is 6.92 Å². The predicted molar refractivity (Wildman–Crippen MR) is 49.1 cm³/mol. The van der Waals surface area contributed by atoms with E-state index >= 15 is 0 Å². The molecular formula is C8H20O4. The first-order valence-corrected chi connectivity index (χ1v) is 3.81. The van der Waals surface area contributed by atoms with E-state index in [1.807, 2.05) is 27.7 Å². The fraction of sp³-hybridized carbons (Fsp3) is 0.750. The van der Waals surface area contributed by atoms with Gasteiger partial charge in [0.05, 0.1) is 7.11 Å². The van der Waals surface area contributed by atoms with E-state index in [1.54, 1.807) is 0 Å². The van der Waals surface area contributed by atoms with Gasteiger partial charge in [-0.2, -0.15) is 0 Å². The van der Waals surface area contributed by atoms with Crippen molar-refractivity contribution >= 4 is 12.4 Å². The molecule has 0 saturated carbocycles. The normalized spacial score (nSPS) is 4.83. The van der Waals surface area contributed by atoms with E-state index < -0.39 is 5.97 Å². The molecule has 12 heavy (non-hydrogen) atoms. The molecule has 1 N–H and O–H groups in total. The van der Waals surface area contributed by atoms with Crippen molar-refractivity contribution in [2.24, 2.45) is 0 Å². The van der Waals surface area contributed by atoms with Crippen LogP contribution in [0.4, 0.5) is 0 Å². The number of carboxylic acid groups (broad SMARTS) is 1. The molecule has 0 spiro atoms. The van der Waals surface area contributed by atoms with E-state index in [-0.39, 0.29) is 0 Å². The Morgan fingerprint density at radius 1 is 1.25 bits per heavy atom. The fourth-order valence-electron chi connectivity index (χ4n) is 0. The second kappa shape index (κ2) is 51.2. The number of aliphatic carboxylic acids is 1. The average molecular weight is 180 g/mol. The minimum absolute atomic E-state index is 0.375. The largest absolute Gasteiger partial charge is 0.481 e. The number of methoxy groups -OCH3 is 1. The summed E-state index contributed by atoms with van der Waals surface area (Å²) < 4.78 is 3.86. The molecule has 0 radical (unpaired) electrons. The zero-order valence-corrected chi connectivity index (χ0v) is 8.75. The Bertz CT molecular complexity index is 67.5. The molecule has 0 aromatic heterocycles. The van der Waals surface area contributed by atoms with Gasteiger partial charge in [-0.3, -0.25) is 9.59 Å². The molecule has 0 saturated heterocycles. The van der Waals surface area contributed by atoms with Gasteiger partial charge in [0.15, 0.2) is 0 Å². The van der Waals surface area contributed by atoms with Crippen molar-refractivity contribution in [3.63, 3.8) is 0 Å². The van der Waals surface area contributed by atoms with Crippen molar-refractivity contribution < 1.29 is 19.4 Å². The van der Waals surface area contributed by atoms with E-state index in [9.17, 15) is 0 Å². The summed E-state index contributed by atoms with van der Waals surface area (Å²) in [6.45, 7) is 9.46. The summed E-state index contributed by atoms with van der Waals surface area (Å²) in [5.41, 5.74) is 0. The third-order valence-corrected chi connectivity index (χ3v) is 0.0962. The van der Waals surface area contributed by atoms with Crippen molar-refractivity contribution in [2.75, 3.05) is 7.11 Å². The predicted octanol–water partition coefficient (Wildman–Crippen LogP) is 1.93. The van der Waals surface area contributed by atoms with Gasteiger partial charge in [0.25, 0.3) is 12.4 Å². The molecule has 0 bridgehead atoms. The molecule has 0 heterocycles. The van der Waals surface area contributed by atoms with Gasteiger partial charge < -0.3 is 9.84 Å². The minimum Gasteiger partial charge on any atom is -0.481 e. The number of rotatable bonds is 1. The molecule has 0 unspecified atom stereocenters.